The molecular formula is C15H15FN2O3S. The van der Waals surface area contributed by atoms with Crippen LogP contribution in [0.15, 0.2) is 29.1 Å². The molecule has 7 heteroatoms. The standard InChI is InChI=1S/C15H15FN2O3S/c1-9-6-10(2-4-12(9)16)14(15(20)21)18-13(19)5-3-11-7-22-8-17-11/h2,4,6-8,14H,3,5H2,1H3,(H,18,19)(H,20,21). The molecule has 0 radical (unpaired) electrons. The lowest BCUT2D eigenvalue weighted by Gasteiger charge is -2.15. The van der Waals surface area contributed by atoms with Crippen molar-refractivity contribution in [2.24, 2.45) is 0 Å². The number of carbonyl (C=O) groups excluding carboxylic acids is 1. The maximum Gasteiger partial charge on any atom is 0.330 e. The number of hydrogen-bond acceptors (Lipinski definition) is 4. The van der Waals surface area contributed by atoms with Crippen LogP contribution in [0, 0.1) is 12.7 Å². The zero-order valence-electron chi connectivity index (χ0n) is 11.9. The van der Waals surface area contributed by atoms with Crippen molar-refractivity contribution in [3.05, 3.63) is 51.7 Å². The molecule has 0 spiro atoms. The third-order valence-electron chi connectivity index (χ3n) is 3.16. The average molecular weight is 322 g/mol. The highest BCUT2D eigenvalue weighted by atomic mass is 32.1. The number of rotatable bonds is 6. The minimum absolute atomic E-state index is 0.147. The van der Waals surface area contributed by atoms with Crippen molar-refractivity contribution in [1.29, 1.82) is 0 Å². The lowest BCUT2D eigenvalue weighted by molar-refractivity contribution is -0.142. The van der Waals surface area contributed by atoms with E-state index in [-0.39, 0.29) is 12.3 Å². The Labute approximate surface area is 130 Å². The van der Waals surface area contributed by atoms with Gasteiger partial charge in [0.1, 0.15) is 5.82 Å². The maximum absolute atomic E-state index is 13.3. The highest BCUT2D eigenvalue weighted by molar-refractivity contribution is 7.07. The summed E-state index contributed by atoms with van der Waals surface area (Å²) in [5.41, 5.74) is 3.15. The van der Waals surface area contributed by atoms with Gasteiger partial charge < -0.3 is 10.4 Å². The molecule has 0 fully saturated rings. The first kappa shape index (κ1) is 16.1. The van der Waals surface area contributed by atoms with Crippen molar-refractivity contribution in [3.8, 4) is 0 Å². The number of aromatic nitrogens is 1. The van der Waals surface area contributed by atoms with Crippen molar-refractivity contribution in [2.45, 2.75) is 25.8 Å². The van der Waals surface area contributed by atoms with E-state index in [0.29, 0.717) is 17.5 Å². The van der Waals surface area contributed by atoms with Gasteiger partial charge in [-0.15, -0.1) is 11.3 Å². The van der Waals surface area contributed by atoms with E-state index in [1.54, 1.807) is 12.4 Å². The third kappa shape index (κ3) is 4.11. The Balaban J connectivity index is 2.03. The van der Waals surface area contributed by atoms with Gasteiger partial charge in [-0.05, 0) is 30.5 Å². The molecule has 0 aliphatic heterocycles. The molecular weight excluding hydrogens is 307 g/mol. The van der Waals surface area contributed by atoms with E-state index in [0.717, 1.165) is 5.69 Å². The number of carboxylic acids is 1. The predicted molar refractivity (Wildman–Crippen MR) is 80.1 cm³/mol. The molecule has 0 saturated heterocycles. The molecule has 1 aromatic carbocycles. The lowest BCUT2D eigenvalue weighted by Crippen LogP contribution is -2.34. The van der Waals surface area contributed by atoms with Gasteiger partial charge in [0.05, 0.1) is 11.2 Å². The molecule has 1 heterocycles. The van der Waals surface area contributed by atoms with Crippen LogP contribution in [0.1, 0.15) is 29.3 Å². The van der Waals surface area contributed by atoms with Gasteiger partial charge >= 0.3 is 5.97 Å². The molecule has 1 atom stereocenters. The zero-order valence-corrected chi connectivity index (χ0v) is 12.7. The van der Waals surface area contributed by atoms with Crippen molar-refractivity contribution >= 4 is 23.2 Å². The summed E-state index contributed by atoms with van der Waals surface area (Å²) in [5, 5.41) is 13.6. The molecule has 1 amide bonds. The van der Waals surface area contributed by atoms with Gasteiger partial charge in [-0.3, -0.25) is 4.79 Å². The Bertz CT molecular complexity index is 673. The Morgan fingerprint density at radius 1 is 1.45 bits per heavy atom. The second-order valence-corrected chi connectivity index (χ2v) is 5.55. The number of carbonyl (C=O) groups is 2. The first-order valence-electron chi connectivity index (χ1n) is 6.62. The molecule has 22 heavy (non-hydrogen) atoms. The number of halogens is 1. The minimum Gasteiger partial charge on any atom is -0.479 e. The van der Waals surface area contributed by atoms with E-state index < -0.39 is 17.8 Å². The summed E-state index contributed by atoms with van der Waals surface area (Å²) in [6.45, 7) is 1.54. The average Bonchev–Trinajstić information content (AvgIpc) is 2.98. The van der Waals surface area contributed by atoms with Crippen LogP contribution in [0.25, 0.3) is 0 Å². The van der Waals surface area contributed by atoms with Crippen LogP contribution in [0.2, 0.25) is 0 Å². The highest BCUT2D eigenvalue weighted by Gasteiger charge is 2.22. The molecule has 5 nitrogen and oxygen atoms in total. The summed E-state index contributed by atoms with van der Waals surface area (Å²) in [4.78, 5) is 27.3. The second-order valence-electron chi connectivity index (χ2n) is 4.83. The number of thiazole rings is 1. The number of aryl methyl sites for hydroxylation is 2. The summed E-state index contributed by atoms with van der Waals surface area (Å²) in [6.07, 6.45) is 0.595. The molecule has 2 rings (SSSR count). The maximum atomic E-state index is 13.3. The van der Waals surface area contributed by atoms with Gasteiger partial charge in [0.25, 0.3) is 0 Å². The number of nitrogens with zero attached hydrogens (tertiary/aromatic N) is 1. The van der Waals surface area contributed by atoms with Crippen molar-refractivity contribution in [2.75, 3.05) is 0 Å². The quantitative estimate of drug-likeness (QED) is 0.856. The van der Waals surface area contributed by atoms with Crippen LogP contribution in [0.4, 0.5) is 4.39 Å². The fourth-order valence-corrected chi connectivity index (χ4v) is 2.56. The van der Waals surface area contributed by atoms with Gasteiger partial charge in [-0.1, -0.05) is 12.1 Å². The molecule has 0 bridgehead atoms. The Morgan fingerprint density at radius 2 is 2.23 bits per heavy atom. The lowest BCUT2D eigenvalue weighted by atomic mass is 10.0. The largest absolute Gasteiger partial charge is 0.479 e. The predicted octanol–water partition coefficient (Wildman–Crippen LogP) is 2.47. The van der Waals surface area contributed by atoms with Gasteiger partial charge in [-0.25, -0.2) is 14.2 Å². The van der Waals surface area contributed by atoms with E-state index in [1.165, 1.54) is 29.5 Å². The minimum atomic E-state index is -1.19. The Morgan fingerprint density at radius 3 is 2.82 bits per heavy atom. The van der Waals surface area contributed by atoms with E-state index in [2.05, 4.69) is 10.3 Å². The van der Waals surface area contributed by atoms with E-state index >= 15 is 0 Å². The molecule has 1 aromatic heterocycles. The van der Waals surface area contributed by atoms with Gasteiger partial charge in [0.2, 0.25) is 5.91 Å². The summed E-state index contributed by atoms with van der Waals surface area (Å²) in [7, 11) is 0. The van der Waals surface area contributed by atoms with Gasteiger partial charge in [0, 0.05) is 11.8 Å². The van der Waals surface area contributed by atoms with Gasteiger partial charge in [0.15, 0.2) is 6.04 Å². The highest BCUT2D eigenvalue weighted by Crippen LogP contribution is 2.17. The number of benzene rings is 1. The van der Waals surface area contributed by atoms with E-state index in [1.807, 2.05) is 5.38 Å². The summed E-state index contributed by atoms with van der Waals surface area (Å²) in [5.74, 6) is -1.99. The first-order valence-corrected chi connectivity index (χ1v) is 7.57. The number of aliphatic carboxylic acids is 1. The monoisotopic (exact) mass is 322 g/mol. The topological polar surface area (TPSA) is 79.3 Å². The number of amides is 1. The zero-order chi connectivity index (χ0) is 16.1. The molecule has 2 N–H and O–H groups in total. The Kier molecular flexibility index (Phi) is 5.21. The van der Waals surface area contributed by atoms with Crippen molar-refractivity contribution in [1.82, 2.24) is 10.3 Å². The number of carboxylic acid groups (broad SMARTS) is 1. The van der Waals surface area contributed by atoms with E-state index in [4.69, 9.17) is 0 Å². The normalized spacial score (nSPS) is 11.9. The van der Waals surface area contributed by atoms with Crippen molar-refractivity contribution < 1.29 is 19.1 Å². The van der Waals surface area contributed by atoms with Gasteiger partial charge in [-0.2, -0.15) is 0 Å². The second kappa shape index (κ2) is 7.13. The summed E-state index contributed by atoms with van der Waals surface area (Å²) in [6, 6.07) is 2.79. The molecule has 1 unspecified atom stereocenters. The van der Waals surface area contributed by atoms with Crippen LogP contribution < -0.4 is 5.32 Å². The van der Waals surface area contributed by atoms with Crippen molar-refractivity contribution in [3.63, 3.8) is 0 Å². The van der Waals surface area contributed by atoms with E-state index in [9.17, 15) is 19.1 Å². The Hall–Kier alpha value is -2.28. The van der Waals surface area contributed by atoms with Crippen LogP contribution in [0.5, 0.6) is 0 Å². The van der Waals surface area contributed by atoms with Crippen LogP contribution in [-0.4, -0.2) is 22.0 Å². The molecule has 116 valence electrons. The van der Waals surface area contributed by atoms with Crippen LogP contribution in [0.3, 0.4) is 0 Å². The third-order valence-corrected chi connectivity index (χ3v) is 3.79. The number of nitrogens with one attached hydrogen (secondary N) is 1. The summed E-state index contributed by atoms with van der Waals surface area (Å²) >= 11 is 1.44. The SMILES string of the molecule is Cc1cc(C(NC(=O)CCc2cscn2)C(=O)O)ccc1F. The smallest absolute Gasteiger partial charge is 0.330 e. The van der Waals surface area contributed by atoms with Crippen LogP contribution >= 0.6 is 11.3 Å². The first-order chi connectivity index (χ1) is 10.5. The summed E-state index contributed by atoms with van der Waals surface area (Å²) < 4.78 is 13.3. The number of hydrogen-bond donors (Lipinski definition) is 2. The molecule has 0 aliphatic carbocycles. The fraction of sp³-hybridized carbons (Fsp3) is 0.267. The molecule has 0 aliphatic rings. The molecule has 0 saturated carbocycles. The molecule has 2 aromatic rings. The van der Waals surface area contributed by atoms with Crippen LogP contribution in [-0.2, 0) is 16.0 Å². The fourth-order valence-electron chi connectivity index (χ4n) is 1.97.